The molecule has 0 aliphatic heterocycles. The summed E-state index contributed by atoms with van der Waals surface area (Å²) in [5.74, 6) is -0.263. The molecule has 122 valence electrons. The van der Waals surface area contributed by atoms with E-state index in [2.05, 4.69) is 16.8 Å². The SMILES string of the molecule is CCc1cccc(C=NOCc2ccc(OC(F)(F)F)cc2)c1. The Morgan fingerprint density at radius 2 is 1.78 bits per heavy atom. The minimum Gasteiger partial charge on any atom is -0.406 e. The number of aryl methyl sites for hydroxylation is 1. The maximum Gasteiger partial charge on any atom is 0.573 e. The fraction of sp³-hybridized carbons (Fsp3) is 0.235. The van der Waals surface area contributed by atoms with Crippen molar-refractivity contribution >= 4 is 6.21 Å². The van der Waals surface area contributed by atoms with Gasteiger partial charge >= 0.3 is 6.36 Å². The summed E-state index contributed by atoms with van der Waals surface area (Å²) >= 11 is 0. The van der Waals surface area contributed by atoms with Crippen LogP contribution in [0.5, 0.6) is 5.75 Å². The van der Waals surface area contributed by atoms with E-state index < -0.39 is 6.36 Å². The lowest BCUT2D eigenvalue weighted by Crippen LogP contribution is -2.17. The molecule has 2 aromatic carbocycles. The van der Waals surface area contributed by atoms with Crippen LogP contribution < -0.4 is 4.74 Å². The summed E-state index contributed by atoms with van der Waals surface area (Å²) in [7, 11) is 0. The largest absolute Gasteiger partial charge is 0.573 e. The van der Waals surface area contributed by atoms with Gasteiger partial charge in [-0.05, 0) is 35.2 Å². The lowest BCUT2D eigenvalue weighted by Gasteiger charge is -2.08. The number of hydrogen-bond acceptors (Lipinski definition) is 3. The molecule has 0 unspecified atom stereocenters. The topological polar surface area (TPSA) is 30.8 Å². The second kappa shape index (κ2) is 7.67. The second-order valence-corrected chi connectivity index (χ2v) is 4.80. The molecule has 0 saturated carbocycles. The summed E-state index contributed by atoms with van der Waals surface area (Å²) in [5, 5.41) is 3.86. The van der Waals surface area contributed by atoms with E-state index in [1.165, 1.54) is 29.8 Å². The molecule has 0 heterocycles. The molecule has 0 amide bonds. The van der Waals surface area contributed by atoms with Gasteiger partial charge in [-0.3, -0.25) is 0 Å². The fourth-order valence-corrected chi connectivity index (χ4v) is 1.89. The highest BCUT2D eigenvalue weighted by atomic mass is 19.4. The average molecular weight is 323 g/mol. The maximum atomic E-state index is 12.0. The molecule has 23 heavy (non-hydrogen) atoms. The number of halogens is 3. The van der Waals surface area contributed by atoms with E-state index in [1.807, 2.05) is 24.3 Å². The molecule has 0 radical (unpaired) electrons. The Bertz CT molecular complexity index is 652. The number of rotatable bonds is 6. The minimum atomic E-state index is -4.69. The molecule has 0 aliphatic carbocycles. The molecule has 2 aromatic rings. The molecular weight excluding hydrogens is 307 g/mol. The first-order valence-corrected chi connectivity index (χ1v) is 7.05. The van der Waals surface area contributed by atoms with Gasteiger partial charge in [-0.25, -0.2) is 0 Å². The van der Waals surface area contributed by atoms with Crippen LogP contribution in [-0.4, -0.2) is 12.6 Å². The first kappa shape index (κ1) is 16.9. The van der Waals surface area contributed by atoms with E-state index in [4.69, 9.17) is 4.84 Å². The van der Waals surface area contributed by atoms with Crippen molar-refractivity contribution < 1.29 is 22.7 Å². The highest BCUT2D eigenvalue weighted by Gasteiger charge is 2.30. The van der Waals surface area contributed by atoms with E-state index in [0.29, 0.717) is 5.56 Å². The predicted octanol–water partition coefficient (Wildman–Crippen LogP) is 4.70. The Morgan fingerprint density at radius 3 is 2.43 bits per heavy atom. The van der Waals surface area contributed by atoms with Gasteiger partial charge in [0, 0.05) is 0 Å². The van der Waals surface area contributed by atoms with Crippen molar-refractivity contribution in [2.75, 3.05) is 0 Å². The van der Waals surface area contributed by atoms with Crippen molar-refractivity contribution in [2.24, 2.45) is 5.16 Å². The van der Waals surface area contributed by atoms with E-state index in [9.17, 15) is 13.2 Å². The molecule has 0 atom stereocenters. The second-order valence-electron chi connectivity index (χ2n) is 4.80. The molecule has 0 bridgehead atoms. The molecular formula is C17H16F3NO2. The van der Waals surface area contributed by atoms with Gasteiger partial charge in [0.1, 0.15) is 12.4 Å². The Balaban J connectivity index is 1.85. The number of oxime groups is 1. The van der Waals surface area contributed by atoms with Crippen molar-refractivity contribution in [1.82, 2.24) is 0 Å². The van der Waals surface area contributed by atoms with Gasteiger partial charge in [-0.1, -0.05) is 48.5 Å². The van der Waals surface area contributed by atoms with Crippen LogP contribution in [0.3, 0.4) is 0 Å². The van der Waals surface area contributed by atoms with Crippen molar-refractivity contribution in [1.29, 1.82) is 0 Å². The fourth-order valence-electron chi connectivity index (χ4n) is 1.89. The summed E-state index contributed by atoms with van der Waals surface area (Å²) in [6.45, 7) is 2.23. The van der Waals surface area contributed by atoms with Crippen LogP contribution in [0.2, 0.25) is 0 Å². The zero-order chi connectivity index (χ0) is 16.7. The van der Waals surface area contributed by atoms with E-state index >= 15 is 0 Å². The quantitative estimate of drug-likeness (QED) is 0.570. The summed E-state index contributed by atoms with van der Waals surface area (Å²) < 4.78 is 39.9. The van der Waals surface area contributed by atoms with Gasteiger partial charge in [0.2, 0.25) is 0 Å². The zero-order valence-corrected chi connectivity index (χ0v) is 12.5. The third-order valence-corrected chi connectivity index (χ3v) is 3.02. The third-order valence-electron chi connectivity index (χ3n) is 3.02. The van der Waals surface area contributed by atoms with Gasteiger partial charge in [-0.15, -0.1) is 13.2 Å². The van der Waals surface area contributed by atoms with Crippen LogP contribution in [-0.2, 0) is 17.9 Å². The standard InChI is InChI=1S/C17H16F3NO2/c1-2-13-4-3-5-15(10-13)11-21-22-12-14-6-8-16(9-7-14)23-17(18,19)20/h3-11H,2,12H2,1H3. The van der Waals surface area contributed by atoms with Crippen LogP contribution >= 0.6 is 0 Å². The highest BCUT2D eigenvalue weighted by Crippen LogP contribution is 2.22. The smallest absolute Gasteiger partial charge is 0.406 e. The summed E-state index contributed by atoms with van der Waals surface area (Å²) in [4.78, 5) is 5.14. The van der Waals surface area contributed by atoms with Gasteiger partial charge in [-0.2, -0.15) is 0 Å². The first-order chi connectivity index (χ1) is 11.0. The average Bonchev–Trinajstić information content (AvgIpc) is 2.52. The third kappa shape index (κ3) is 6.02. The molecule has 3 nitrogen and oxygen atoms in total. The van der Waals surface area contributed by atoms with Crippen LogP contribution in [0.1, 0.15) is 23.6 Å². The number of ether oxygens (including phenoxy) is 1. The first-order valence-electron chi connectivity index (χ1n) is 7.05. The van der Waals surface area contributed by atoms with Crippen molar-refractivity contribution in [3.8, 4) is 5.75 Å². The van der Waals surface area contributed by atoms with Crippen molar-refractivity contribution in [3.05, 3.63) is 65.2 Å². The van der Waals surface area contributed by atoms with E-state index in [1.54, 1.807) is 6.21 Å². The van der Waals surface area contributed by atoms with E-state index in [0.717, 1.165) is 12.0 Å². The van der Waals surface area contributed by atoms with Crippen molar-refractivity contribution in [2.45, 2.75) is 26.3 Å². The van der Waals surface area contributed by atoms with Crippen LogP contribution in [0, 0.1) is 0 Å². The Morgan fingerprint density at radius 1 is 1.04 bits per heavy atom. The Labute approximate surface area is 132 Å². The maximum absolute atomic E-state index is 12.0. The summed E-state index contributed by atoms with van der Waals surface area (Å²) in [5.41, 5.74) is 2.83. The molecule has 0 saturated heterocycles. The van der Waals surface area contributed by atoms with Crippen LogP contribution in [0.25, 0.3) is 0 Å². The van der Waals surface area contributed by atoms with Gasteiger partial charge in [0.15, 0.2) is 0 Å². The summed E-state index contributed by atoms with van der Waals surface area (Å²) in [6.07, 6.45) is -2.15. The number of benzene rings is 2. The van der Waals surface area contributed by atoms with E-state index in [-0.39, 0.29) is 12.4 Å². The lowest BCUT2D eigenvalue weighted by molar-refractivity contribution is -0.274. The molecule has 0 spiro atoms. The monoisotopic (exact) mass is 323 g/mol. The molecule has 0 fully saturated rings. The van der Waals surface area contributed by atoms with Gasteiger partial charge < -0.3 is 9.57 Å². The lowest BCUT2D eigenvalue weighted by atomic mass is 10.1. The number of alkyl halides is 3. The van der Waals surface area contributed by atoms with Crippen LogP contribution in [0.4, 0.5) is 13.2 Å². The Kier molecular flexibility index (Phi) is 5.62. The minimum absolute atomic E-state index is 0.163. The van der Waals surface area contributed by atoms with Gasteiger partial charge in [0.05, 0.1) is 6.21 Å². The molecule has 0 N–H and O–H groups in total. The Hall–Kier alpha value is -2.50. The number of hydrogen-bond donors (Lipinski definition) is 0. The molecule has 6 heteroatoms. The number of nitrogens with zero attached hydrogens (tertiary/aromatic N) is 1. The summed E-state index contributed by atoms with van der Waals surface area (Å²) in [6, 6.07) is 13.4. The molecule has 2 rings (SSSR count). The van der Waals surface area contributed by atoms with Crippen molar-refractivity contribution in [3.63, 3.8) is 0 Å². The normalized spacial score (nSPS) is 11.7. The van der Waals surface area contributed by atoms with Crippen LogP contribution in [0.15, 0.2) is 53.7 Å². The molecule has 0 aliphatic rings. The van der Waals surface area contributed by atoms with Gasteiger partial charge in [0.25, 0.3) is 0 Å². The zero-order valence-electron chi connectivity index (χ0n) is 12.5. The molecule has 0 aromatic heterocycles. The highest BCUT2D eigenvalue weighted by molar-refractivity contribution is 5.79. The predicted molar refractivity (Wildman–Crippen MR) is 81.3 cm³/mol.